The van der Waals surface area contributed by atoms with Gasteiger partial charge >= 0.3 is 0 Å². The highest BCUT2D eigenvalue weighted by molar-refractivity contribution is 5.75. The van der Waals surface area contributed by atoms with Crippen LogP contribution < -0.4 is 0 Å². The molecule has 2 aromatic rings. The molecule has 0 saturated carbocycles. The molecule has 0 aliphatic carbocycles. The van der Waals surface area contributed by atoms with Crippen LogP contribution in [0.4, 0.5) is 0 Å². The van der Waals surface area contributed by atoms with Gasteiger partial charge in [0.05, 0.1) is 11.0 Å². The van der Waals surface area contributed by atoms with Crippen molar-refractivity contribution in [2.24, 2.45) is 0 Å². The fourth-order valence-corrected chi connectivity index (χ4v) is 1.45. The van der Waals surface area contributed by atoms with Gasteiger partial charge in [0.15, 0.2) is 6.23 Å². The number of carbonyl (C=O) groups excluding carboxylic acids is 1. The lowest BCUT2D eigenvalue weighted by Crippen LogP contribution is -2.06. The van der Waals surface area contributed by atoms with Crippen LogP contribution in [0.3, 0.4) is 0 Å². The van der Waals surface area contributed by atoms with E-state index < -0.39 is 0 Å². The van der Waals surface area contributed by atoms with E-state index in [1.807, 2.05) is 29.0 Å². The smallest absolute Gasteiger partial charge is 0.295 e. The normalized spacial score (nSPS) is 12.6. The molecule has 0 aliphatic heterocycles. The van der Waals surface area contributed by atoms with Crippen molar-refractivity contribution in [3.05, 3.63) is 30.6 Å². The van der Waals surface area contributed by atoms with Crippen molar-refractivity contribution in [1.82, 2.24) is 9.55 Å². The average Bonchev–Trinajstić information content (AvgIpc) is 2.61. The number of rotatable bonds is 3. The van der Waals surface area contributed by atoms with E-state index in [0.717, 1.165) is 11.0 Å². The molecule has 0 bridgehead atoms. The second kappa shape index (κ2) is 3.49. The zero-order chi connectivity index (χ0) is 9.97. The molecule has 0 saturated heterocycles. The van der Waals surface area contributed by atoms with E-state index in [9.17, 15) is 4.79 Å². The minimum absolute atomic E-state index is 0.297. The molecule has 1 atom stereocenters. The Bertz CT molecular complexity index is 450. The highest BCUT2D eigenvalue weighted by Gasteiger charge is 2.07. The maximum absolute atomic E-state index is 10.2. The zero-order valence-corrected chi connectivity index (χ0v) is 7.75. The van der Waals surface area contributed by atoms with E-state index in [0.29, 0.717) is 6.47 Å². The standard InChI is InChI=1S/C10H10N2O2/c1-8(14-7-13)12-6-4-9-10(12)3-2-5-11-9/h2-8H,1H3. The van der Waals surface area contributed by atoms with E-state index in [-0.39, 0.29) is 6.23 Å². The molecule has 2 aromatic heterocycles. The van der Waals surface area contributed by atoms with Crippen LogP contribution in [0.2, 0.25) is 0 Å². The molecule has 14 heavy (non-hydrogen) atoms. The third kappa shape index (κ3) is 1.35. The predicted molar refractivity (Wildman–Crippen MR) is 51.6 cm³/mol. The lowest BCUT2D eigenvalue weighted by atomic mass is 10.4. The van der Waals surface area contributed by atoms with E-state index in [1.54, 1.807) is 13.1 Å². The summed E-state index contributed by atoms with van der Waals surface area (Å²) in [6.45, 7) is 2.26. The van der Waals surface area contributed by atoms with Crippen molar-refractivity contribution in [1.29, 1.82) is 0 Å². The summed E-state index contributed by atoms with van der Waals surface area (Å²) in [4.78, 5) is 14.4. The maximum atomic E-state index is 10.2. The van der Waals surface area contributed by atoms with Crippen LogP contribution in [0, 0.1) is 0 Å². The predicted octanol–water partition coefficient (Wildman–Crippen LogP) is 1.73. The SMILES string of the molecule is CC(OC=O)n1ccc2ncccc21. The van der Waals surface area contributed by atoms with E-state index >= 15 is 0 Å². The maximum Gasteiger partial charge on any atom is 0.295 e. The highest BCUT2D eigenvalue weighted by Crippen LogP contribution is 2.17. The Balaban J connectivity index is 2.47. The average molecular weight is 190 g/mol. The van der Waals surface area contributed by atoms with E-state index in [4.69, 9.17) is 4.74 Å². The number of hydrogen-bond acceptors (Lipinski definition) is 3. The van der Waals surface area contributed by atoms with Crippen LogP contribution in [0.1, 0.15) is 13.2 Å². The van der Waals surface area contributed by atoms with Crippen LogP contribution in [0.15, 0.2) is 30.6 Å². The quantitative estimate of drug-likeness (QED) is 0.692. The van der Waals surface area contributed by atoms with Crippen molar-refractivity contribution in [2.45, 2.75) is 13.2 Å². The van der Waals surface area contributed by atoms with Gasteiger partial charge in [-0.05, 0) is 25.1 Å². The number of ether oxygens (including phenoxy) is 1. The number of nitrogens with zero attached hydrogens (tertiary/aromatic N) is 2. The van der Waals surface area contributed by atoms with Crippen LogP contribution >= 0.6 is 0 Å². The lowest BCUT2D eigenvalue weighted by Gasteiger charge is -2.12. The van der Waals surface area contributed by atoms with Gasteiger partial charge in [0, 0.05) is 12.4 Å². The summed E-state index contributed by atoms with van der Waals surface area (Å²) in [6.07, 6.45) is 3.29. The molecule has 0 spiro atoms. The molecule has 0 aliphatic rings. The summed E-state index contributed by atoms with van der Waals surface area (Å²) in [5.74, 6) is 0. The topological polar surface area (TPSA) is 44.1 Å². The van der Waals surface area contributed by atoms with Gasteiger partial charge in [-0.15, -0.1) is 0 Å². The first-order chi connectivity index (χ1) is 6.83. The summed E-state index contributed by atoms with van der Waals surface area (Å²) in [5, 5.41) is 0. The van der Waals surface area contributed by atoms with Gasteiger partial charge in [0.25, 0.3) is 6.47 Å². The third-order valence-electron chi connectivity index (χ3n) is 2.13. The number of pyridine rings is 1. The molecule has 2 rings (SSSR count). The molecular weight excluding hydrogens is 180 g/mol. The fraction of sp³-hybridized carbons (Fsp3) is 0.200. The van der Waals surface area contributed by atoms with Crippen LogP contribution in [0.25, 0.3) is 11.0 Å². The molecule has 0 aromatic carbocycles. The summed E-state index contributed by atoms with van der Waals surface area (Å²) < 4.78 is 6.71. The summed E-state index contributed by atoms with van der Waals surface area (Å²) in [6, 6.07) is 5.68. The summed E-state index contributed by atoms with van der Waals surface area (Å²) in [7, 11) is 0. The van der Waals surface area contributed by atoms with Crippen LogP contribution in [-0.2, 0) is 9.53 Å². The van der Waals surface area contributed by atoms with Gasteiger partial charge in [-0.3, -0.25) is 9.78 Å². The minimum atomic E-state index is -0.297. The lowest BCUT2D eigenvalue weighted by molar-refractivity contribution is -0.136. The largest absolute Gasteiger partial charge is 0.444 e. The minimum Gasteiger partial charge on any atom is -0.444 e. The zero-order valence-electron chi connectivity index (χ0n) is 7.75. The molecule has 0 amide bonds. The molecule has 0 radical (unpaired) electrons. The molecular formula is C10H10N2O2. The van der Waals surface area contributed by atoms with Gasteiger partial charge < -0.3 is 9.30 Å². The fourth-order valence-electron chi connectivity index (χ4n) is 1.45. The number of aromatic nitrogens is 2. The van der Waals surface area contributed by atoms with Crippen molar-refractivity contribution < 1.29 is 9.53 Å². The molecule has 1 unspecified atom stereocenters. The first kappa shape index (κ1) is 8.74. The Morgan fingerprint density at radius 3 is 3.21 bits per heavy atom. The van der Waals surface area contributed by atoms with Crippen molar-refractivity contribution in [3.63, 3.8) is 0 Å². The van der Waals surface area contributed by atoms with E-state index in [2.05, 4.69) is 4.98 Å². The number of hydrogen-bond donors (Lipinski definition) is 0. The first-order valence-electron chi connectivity index (χ1n) is 4.33. The van der Waals surface area contributed by atoms with Gasteiger partial charge in [-0.2, -0.15) is 0 Å². The number of carbonyl (C=O) groups is 1. The molecule has 0 fully saturated rings. The molecule has 0 N–H and O–H groups in total. The Morgan fingerprint density at radius 1 is 1.57 bits per heavy atom. The van der Waals surface area contributed by atoms with Gasteiger partial charge in [0.1, 0.15) is 0 Å². The molecule has 2 heterocycles. The van der Waals surface area contributed by atoms with Gasteiger partial charge in [-0.25, -0.2) is 0 Å². The van der Waals surface area contributed by atoms with Gasteiger partial charge in [0.2, 0.25) is 0 Å². The van der Waals surface area contributed by atoms with Crippen LogP contribution in [-0.4, -0.2) is 16.0 Å². The second-order valence-electron chi connectivity index (χ2n) is 2.96. The highest BCUT2D eigenvalue weighted by atomic mass is 16.5. The van der Waals surface area contributed by atoms with Crippen molar-refractivity contribution in [2.75, 3.05) is 0 Å². The van der Waals surface area contributed by atoms with E-state index in [1.165, 1.54) is 0 Å². The molecule has 4 heteroatoms. The first-order valence-corrected chi connectivity index (χ1v) is 4.33. The number of fused-ring (bicyclic) bond motifs is 1. The Morgan fingerprint density at radius 2 is 2.43 bits per heavy atom. The van der Waals surface area contributed by atoms with Crippen molar-refractivity contribution in [3.8, 4) is 0 Å². The molecule has 4 nitrogen and oxygen atoms in total. The summed E-state index contributed by atoms with van der Waals surface area (Å²) in [5.41, 5.74) is 1.86. The Hall–Kier alpha value is -1.84. The monoisotopic (exact) mass is 190 g/mol. The summed E-state index contributed by atoms with van der Waals surface area (Å²) >= 11 is 0. The third-order valence-corrected chi connectivity index (χ3v) is 2.13. The van der Waals surface area contributed by atoms with Gasteiger partial charge in [-0.1, -0.05) is 0 Å². The second-order valence-corrected chi connectivity index (χ2v) is 2.96. The Kier molecular flexibility index (Phi) is 2.18. The van der Waals surface area contributed by atoms with Crippen LogP contribution in [0.5, 0.6) is 0 Å². The Labute approximate surface area is 81.1 Å². The van der Waals surface area contributed by atoms with Crippen molar-refractivity contribution >= 4 is 17.5 Å². The molecule has 72 valence electrons.